The highest BCUT2D eigenvalue weighted by Gasteiger charge is 2.23. The number of esters is 1. The number of hydrogen-bond donors (Lipinski definition) is 0. The second-order valence-electron chi connectivity index (χ2n) is 5.27. The van der Waals surface area contributed by atoms with E-state index in [1.807, 2.05) is 25.1 Å². The minimum atomic E-state index is -0.399. The molecule has 0 fully saturated rings. The Balaban J connectivity index is 2.33. The quantitative estimate of drug-likeness (QED) is 0.624. The van der Waals surface area contributed by atoms with E-state index in [9.17, 15) is 4.79 Å². The van der Waals surface area contributed by atoms with Gasteiger partial charge in [-0.3, -0.25) is 0 Å². The van der Waals surface area contributed by atoms with Gasteiger partial charge in [0, 0.05) is 12.0 Å². The van der Waals surface area contributed by atoms with Gasteiger partial charge in [-0.15, -0.1) is 0 Å². The molecule has 106 valence electrons. The van der Waals surface area contributed by atoms with Gasteiger partial charge in [-0.2, -0.15) is 0 Å². The molecule has 0 bridgehead atoms. The maximum absolute atomic E-state index is 11.8. The lowest BCUT2D eigenvalue weighted by Crippen LogP contribution is -2.06. The monoisotopic (exact) mass is 273 g/mol. The standard InChI is InChI=1S/C16H19NO3/c1-10(2)7-15-17-13(16(18)20-15)9-12-8-11(3)5-6-14(12)19-4/h5-6,8-10H,7H2,1-4H3/b13-9+. The minimum Gasteiger partial charge on any atom is -0.496 e. The fourth-order valence-electron chi connectivity index (χ4n) is 2.00. The molecule has 0 saturated heterocycles. The van der Waals surface area contributed by atoms with Crippen molar-refractivity contribution in [3.63, 3.8) is 0 Å². The first-order valence-electron chi connectivity index (χ1n) is 6.65. The van der Waals surface area contributed by atoms with Crippen LogP contribution in [0.4, 0.5) is 0 Å². The molecule has 0 saturated carbocycles. The van der Waals surface area contributed by atoms with Crippen molar-refractivity contribution in [1.82, 2.24) is 0 Å². The lowest BCUT2D eigenvalue weighted by molar-refractivity contribution is -0.130. The lowest BCUT2D eigenvalue weighted by Gasteiger charge is -2.05. The molecule has 1 aromatic carbocycles. The highest BCUT2D eigenvalue weighted by Crippen LogP contribution is 2.25. The Labute approximate surface area is 119 Å². The average molecular weight is 273 g/mol. The molecule has 4 heteroatoms. The second-order valence-corrected chi connectivity index (χ2v) is 5.27. The Bertz CT molecular complexity index is 585. The van der Waals surface area contributed by atoms with E-state index in [1.54, 1.807) is 13.2 Å². The maximum Gasteiger partial charge on any atom is 0.363 e. The molecule has 4 nitrogen and oxygen atoms in total. The van der Waals surface area contributed by atoms with Gasteiger partial charge in [-0.1, -0.05) is 25.5 Å². The maximum atomic E-state index is 11.8. The van der Waals surface area contributed by atoms with Gasteiger partial charge in [-0.05, 0) is 31.1 Å². The molecule has 1 aromatic rings. The van der Waals surface area contributed by atoms with Crippen LogP contribution in [-0.4, -0.2) is 19.0 Å². The van der Waals surface area contributed by atoms with Gasteiger partial charge in [0.15, 0.2) is 11.6 Å². The SMILES string of the molecule is COc1ccc(C)cc1/C=C1/N=C(CC(C)C)OC1=O. The molecular weight excluding hydrogens is 254 g/mol. The number of cyclic esters (lactones) is 1. The van der Waals surface area contributed by atoms with Crippen LogP contribution in [0.15, 0.2) is 28.9 Å². The van der Waals surface area contributed by atoms with Crippen molar-refractivity contribution < 1.29 is 14.3 Å². The van der Waals surface area contributed by atoms with Crippen LogP contribution >= 0.6 is 0 Å². The zero-order valence-electron chi connectivity index (χ0n) is 12.3. The predicted molar refractivity (Wildman–Crippen MR) is 78.7 cm³/mol. The van der Waals surface area contributed by atoms with Crippen LogP contribution in [0.3, 0.4) is 0 Å². The third kappa shape index (κ3) is 3.26. The number of carbonyl (C=O) groups excluding carboxylic acids is 1. The Kier molecular flexibility index (Phi) is 4.23. The smallest absolute Gasteiger partial charge is 0.363 e. The summed E-state index contributed by atoms with van der Waals surface area (Å²) in [6.45, 7) is 6.10. The van der Waals surface area contributed by atoms with Crippen molar-refractivity contribution in [3.8, 4) is 5.75 Å². The van der Waals surface area contributed by atoms with Crippen molar-refractivity contribution in [2.45, 2.75) is 27.2 Å². The first kappa shape index (κ1) is 14.3. The summed E-state index contributed by atoms with van der Waals surface area (Å²) in [4.78, 5) is 16.1. The van der Waals surface area contributed by atoms with E-state index < -0.39 is 5.97 Å². The lowest BCUT2D eigenvalue weighted by atomic mass is 10.1. The van der Waals surface area contributed by atoms with Crippen LogP contribution in [0.1, 0.15) is 31.4 Å². The summed E-state index contributed by atoms with van der Waals surface area (Å²) in [7, 11) is 1.60. The summed E-state index contributed by atoms with van der Waals surface area (Å²) >= 11 is 0. The molecule has 0 spiro atoms. The summed E-state index contributed by atoms with van der Waals surface area (Å²) in [5.41, 5.74) is 2.24. The highest BCUT2D eigenvalue weighted by molar-refractivity contribution is 6.07. The molecule has 0 radical (unpaired) electrons. The van der Waals surface area contributed by atoms with Crippen molar-refractivity contribution in [3.05, 3.63) is 35.0 Å². The minimum absolute atomic E-state index is 0.324. The van der Waals surface area contributed by atoms with Crippen molar-refractivity contribution in [1.29, 1.82) is 0 Å². The Morgan fingerprint density at radius 3 is 2.80 bits per heavy atom. The van der Waals surface area contributed by atoms with Crippen molar-refractivity contribution in [2.24, 2.45) is 10.9 Å². The van der Waals surface area contributed by atoms with E-state index >= 15 is 0 Å². The molecule has 0 aliphatic carbocycles. The number of ether oxygens (including phenoxy) is 2. The first-order chi connectivity index (χ1) is 9.49. The summed E-state index contributed by atoms with van der Waals surface area (Å²) in [5.74, 6) is 1.20. The molecule has 0 aromatic heterocycles. The third-order valence-electron chi connectivity index (χ3n) is 2.93. The predicted octanol–water partition coefficient (Wildman–Crippen LogP) is 3.35. The summed E-state index contributed by atoms with van der Waals surface area (Å²) < 4.78 is 10.5. The molecule has 1 aliphatic rings. The van der Waals surface area contributed by atoms with Crippen LogP contribution in [0, 0.1) is 12.8 Å². The van der Waals surface area contributed by atoms with Gasteiger partial charge in [0.25, 0.3) is 0 Å². The number of aliphatic imine (C=N–C) groups is 1. The zero-order valence-corrected chi connectivity index (χ0v) is 12.3. The van der Waals surface area contributed by atoms with E-state index in [0.29, 0.717) is 29.7 Å². The molecule has 0 unspecified atom stereocenters. The first-order valence-corrected chi connectivity index (χ1v) is 6.65. The molecule has 1 heterocycles. The van der Waals surface area contributed by atoms with Gasteiger partial charge in [-0.25, -0.2) is 9.79 Å². The summed E-state index contributed by atoms with van der Waals surface area (Å²) in [5, 5.41) is 0. The van der Waals surface area contributed by atoms with Crippen LogP contribution in [0.5, 0.6) is 5.75 Å². The molecule has 1 aliphatic heterocycles. The van der Waals surface area contributed by atoms with Gasteiger partial charge >= 0.3 is 5.97 Å². The molecule has 0 amide bonds. The van der Waals surface area contributed by atoms with E-state index in [4.69, 9.17) is 9.47 Å². The second kappa shape index (κ2) is 5.90. The van der Waals surface area contributed by atoms with E-state index in [0.717, 1.165) is 11.1 Å². The average Bonchev–Trinajstić information content (AvgIpc) is 2.69. The van der Waals surface area contributed by atoms with Gasteiger partial charge < -0.3 is 9.47 Å². The third-order valence-corrected chi connectivity index (χ3v) is 2.93. The number of carbonyl (C=O) groups is 1. The number of benzene rings is 1. The van der Waals surface area contributed by atoms with E-state index in [2.05, 4.69) is 18.8 Å². The highest BCUT2D eigenvalue weighted by atomic mass is 16.6. The van der Waals surface area contributed by atoms with E-state index in [1.165, 1.54) is 0 Å². The Morgan fingerprint density at radius 1 is 1.40 bits per heavy atom. The Hall–Kier alpha value is -2.10. The van der Waals surface area contributed by atoms with Crippen LogP contribution < -0.4 is 4.74 Å². The number of methoxy groups -OCH3 is 1. The fourth-order valence-corrected chi connectivity index (χ4v) is 2.00. The number of rotatable bonds is 4. The van der Waals surface area contributed by atoms with Crippen LogP contribution in [-0.2, 0) is 9.53 Å². The largest absolute Gasteiger partial charge is 0.496 e. The molecular formula is C16H19NO3. The summed E-state index contributed by atoms with van der Waals surface area (Å²) in [6, 6.07) is 5.79. The zero-order chi connectivity index (χ0) is 14.7. The topological polar surface area (TPSA) is 47.9 Å². The van der Waals surface area contributed by atoms with Gasteiger partial charge in [0.2, 0.25) is 0 Å². The molecule has 2 rings (SSSR count). The van der Waals surface area contributed by atoms with Crippen LogP contribution in [0.2, 0.25) is 0 Å². The van der Waals surface area contributed by atoms with Gasteiger partial charge in [0.05, 0.1) is 7.11 Å². The number of nitrogens with zero attached hydrogens (tertiary/aromatic N) is 1. The molecule has 0 atom stereocenters. The van der Waals surface area contributed by atoms with Crippen molar-refractivity contribution in [2.75, 3.05) is 7.11 Å². The number of hydrogen-bond acceptors (Lipinski definition) is 4. The Morgan fingerprint density at radius 2 is 2.15 bits per heavy atom. The van der Waals surface area contributed by atoms with Crippen molar-refractivity contribution >= 4 is 17.9 Å². The fraction of sp³-hybridized carbons (Fsp3) is 0.375. The van der Waals surface area contributed by atoms with E-state index in [-0.39, 0.29) is 0 Å². The molecule has 20 heavy (non-hydrogen) atoms. The van der Waals surface area contributed by atoms with Crippen LogP contribution in [0.25, 0.3) is 6.08 Å². The van der Waals surface area contributed by atoms with Gasteiger partial charge in [0.1, 0.15) is 5.75 Å². The number of aryl methyl sites for hydroxylation is 1. The normalized spacial score (nSPS) is 16.6. The molecule has 0 N–H and O–H groups in total. The summed E-state index contributed by atoms with van der Waals surface area (Å²) in [6.07, 6.45) is 2.37.